The number of nitrogens with zero attached hydrogens (tertiary/aromatic N) is 3. The van der Waals surface area contributed by atoms with E-state index in [1.54, 1.807) is 11.3 Å². The predicted molar refractivity (Wildman–Crippen MR) is 84.3 cm³/mol. The molecule has 1 aliphatic rings. The lowest BCUT2D eigenvalue weighted by molar-refractivity contribution is 0.521. The second-order valence-corrected chi connectivity index (χ2v) is 6.85. The third kappa shape index (κ3) is 3.79. The Morgan fingerprint density at radius 2 is 2.00 bits per heavy atom. The molecular formula is C16H20FN3S. The summed E-state index contributed by atoms with van der Waals surface area (Å²) in [7, 11) is 0. The number of halogens is 1. The third-order valence-electron chi connectivity index (χ3n) is 4.01. The van der Waals surface area contributed by atoms with Gasteiger partial charge in [0, 0.05) is 19.5 Å². The molecule has 2 aromatic rings. The molecule has 1 atom stereocenters. The van der Waals surface area contributed by atoms with Gasteiger partial charge in [-0.15, -0.1) is 10.2 Å². The van der Waals surface area contributed by atoms with Crippen LogP contribution in [0.3, 0.4) is 0 Å². The van der Waals surface area contributed by atoms with Crippen LogP contribution in [0.25, 0.3) is 0 Å². The zero-order valence-electron chi connectivity index (χ0n) is 12.3. The number of anilines is 1. The molecule has 2 heterocycles. The highest BCUT2D eigenvalue weighted by atomic mass is 32.1. The van der Waals surface area contributed by atoms with Gasteiger partial charge in [-0.05, 0) is 42.9 Å². The van der Waals surface area contributed by atoms with E-state index in [0.29, 0.717) is 0 Å². The molecule has 1 unspecified atom stereocenters. The summed E-state index contributed by atoms with van der Waals surface area (Å²) in [6.07, 6.45) is 4.49. The number of hydrogen-bond donors (Lipinski definition) is 0. The zero-order valence-corrected chi connectivity index (χ0v) is 13.1. The maximum absolute atomic E-state index is 12.9. The van der Waals surface area contributed by atoms with Crippen LogP contribution in [0.1, 0.15) is 36.8 Å². The topological polar surface area (TPSA) is 29.0 Å². The molecule has 3 nitrogen and oxygen atoms in total. The fraction of sp³-hybridized carbons (Fsp3) is 0.500. The van der Waals surface area contributed by atoms with Crippen LogP contribution in [0, 0.1) is 11.7 Å². The summed E-state index contributed by atoms with van der Waals surface area (Å²) in [5.41, 5.74) is 1.07. The Balaban J connectivity index is 1.66. The van der Waals surface area contributed by atoms with Crippen LogP contribution >= 0.6 is 11.3 Å². The molecule has 0 saturated carbocycles. The van der Waals surface area contributed by atoms with Crippen molar-refractivity contribution in [3.05, 3.63) is 40.7 Å². The van der Waals surface area contributed by atoms with E-state index in [9.17, 15) is 4.39 Å². The largest absolute Gasteiger partial charge is 0.347 e. The van der Waals surface area contributed by atoms with Crippen molar-refractivity contribution in [2.24, 2.45) is 5.92 Å². The van der Waals surface area contributed by atoms with E-state index in [1.165, 1.54) is 31.4 Å². The lowest BCUT2D eigenvalue weighted by Crippen LogP contribution is -2.23. The van der Waals surface area contributed by atoms with Gasteiger partial charge in [-0.2, -0.15) is 0 Å². The molecule has 0 bridgehead atoms. The summed E-state index contributed by atoms with van der Waals surface area (Å²) in [5, 5.41) is 10.7. The first kappa shape index (κ1) is 14.4. The molecule has 21 heavy (non-hydrogen) atoms. The van der Waals surface area contributed by atoms with Crippen molar-refractivity contribution in [2.75, 3.05) is 18.0 Å². The summed E-state index contributed by atoms with van der Waals surface area (Å²) in [5.74, 6) is 0.608. The lowest BCUT2D eigenvalue weighted by atomic mass is 10.0. The zero-order chi connectivity index (χ0) is 14.7. The summed E-state index contributed by atoms with van der Waals surface area (Å²) in [4.78, 5) is 2.36. The molecule has 5 heteroatoms. The summed E-state index contributed by atoms with van der Waals surface area (Å²) in [6.45, 7) is 4.48. The van der Waals surface area contributed by atoms with Gasteiger partial charge < -0.3 is 4.90 Å². The maximum atomic E-state index is 12.9. The van der Waals surface area contributed by atoms with E-state index >= 15 is 0 Å². The average Bonchev–Trinajstić information content (AvgIpc) is 2.83. The van der Waals surface area contributed by atoms with Gasteiger partial charge in [-0.25, -0.2) is 4.39 Å². The third-order valence-corrected chi connectivity index (χ3v) is 5.00. The molecule has 1 aromatic heterocycles. The van der Waals surface area contributed by atoms with Crippen molar-refractivity contribution in [2.45, 2.75) is 32.6 Å². The van der Waals surface area contributed by atoms with Gasteiger partial charge in [0.15, 0.2) is 0 Å². The van der Waals surface area contributed by atoms with Gasteiger partial charge in [-0.1, -0.05) is 30.4 Å². The second kappa shape index (κ2) is 6.52. The van der Waals surface area contributed by atoms with E-state index < -0.39 is 0 Å². The van der Waals surface area contributed by atoms with Crippen LogP contribution < -0.4 is 4.90 Å². The molecule has 0 radical (unpaired) electrons. The minimum atomic E-state index is -0.199. The van der Waals surface area contributed by atoms with Crippen molar-refractivity contribution < 1.29 is 4.39 Å². The summed E-state index contributed by atoms with van der Waals surface area (Å²) in [6, 6.07) is 6.61. The maximum Gasteiger partial charge on any atom is 0.208 e. The van der Waals surface area contributed by atoms with Crippen LogP contribution in [-0.4, -0.2) is 23.3 Å². The highest BCUT2D eigenvalue weighted by Gasteiger charge is 2.17. The Kier molecular flexibility index (Phi) is 4.48. The lowest BCUT2D eigenvalue weighted by Gasteiger charge is -2.18. The van der Waals surface area contributed by atoms with Gasteiger partial charge in [0.2, 0.25) is 5.13 Å². The molecular weight excluding hydrogens is 285 g/mol. The number of aromatic nitrogens is 2. The van der Waals surface area contributed by atoms with Crippen molar-refractivity contribution in [3.63, 3.8) is 0 Å². The standard InChI is InChI=1S/C16H20FN3S/c1-12-3-2-9-20(10-8-12)16-19-18-15(21-16)11-13-4-6-14(17)7-5-13/h4-7,12H,2-3,8-11H2,1H3. The monoisotopic (exact) mass is 305 g/mol. The smallest absolute Gasteiger partial charge is 0.208 e. The molecule has 0 amide bonds. The first-order valence-corrected chi connectivity index (χ1v) is 8.34. The Morgan fingerprint density at radius 1 is 1.19 bits per heavy atom. The van der Waals surface area contributed by atoms with Gasteiger partial charge in [0.25, 0.3) is 0 Å². The van der Waals surface area contributed by atoms with Crippen molar-refractivity contribution in [3.8, 4) is 0 Å². The van der Waals surface area contributed by atoms with Crippen LogP contribution in [0.5, 0.6) is 0 Å². The summed E-state index contributed by atoms with van der Waals surface area (Å²) >= 11 is 1.66. The molecule has 3 rings (SSSR count). The fourth-order valence-corrected chi connectivity index (χ4v) is 3.60. The van der Waals surface area contributed by atoms with Crippen LogP contribution in [0.15, 0.2) is 24.3 Å². The number of hydrogen-bond acceptors (Lipinski definition) is 4. The SMILES string of the molecule is CC1CCCN(c2nnc(Cc3ccc(F)cc3)s2)CC1. The molecule has 1 saturated heterocycles. The van der Waals surface area contributed by atoms with E-state index in [-0.39, 0.29) is 5.82 Å². The van der Waals surface area contributed by atoms with Gasteiger partial charge in [0.05, 0.1) is 0 Å². The Bertz CT molecular complexity index is 581. The highest BCUT2D eigenvalue weighted by molar-refractivity contribution is 7.15. The van der Waals surface area contributed by atoms with Gasteiger partial charge >= 0.3 is 0 Å². The van der Waals surface area contributed by atoms with E-state index in [1.807, 2.05) is 12.1 Å². The Labute approximate surface area is 128 Å². The highest BCUT2D eigenvalue weighted by Crippen LogP contribution is 2.26. The van der Waals surface area contributed by atoms with E-state index in [4.69, 9.17) is 0 Å². The van der Waals surface area contributed by atoms with Crippen LogP contribution in [0.4, 0.5) is 9.52 Å². The molecule has 1 aromatic carbocycles. The van der Waals surface area contributed by atoms with Crippen molar-refractivity contribution in [1.29, 1.82) is 0 Å². The van der Waals surface area contributed by atoms with Gasteiger partial charge in [-0.3, -0.25) is 0 Å². The van der Waals surface area contributed by atoms with E-state index in [2.05, 4.69) is 22.0 Å². The second-order valence-electron chi connectivity index (χ2n) is 5.80. The first-order chi connectivity index (χ1) is 10.2. The van der Waals surface area contributed by atoms with Crippen LogP contribution in [-0.2, 0) is 6.42 Å². The minimum absolute atomic E-state index is 0.199. The molecule has 0 N–H and O–H groups in total. The summed E-state index contributed by atoms with van der Waals surface area (Å²) < 4.78 is 12.9. The van der Waals surface area contributed by atoms with E-state index in [0.717, 1.165) is 41.1 Å². The Morgan fingerprint density at radius 3 is 2.81 bits per heavy atom. The number of benzene rings is 1. The quantitative estimate of drug-likeness (QED) is 0.861. The molecule has 1 aliphatic heterocycles. The first-order valence-electron chi connectivity index (χ1n) is 7.52. The Hall–Kier alpha value is -1.49. The molecule has 0 aliphatic carbocycles. The minimum Gasteiger partial charge on any atom is -0.347 e. The average molecular weight is 305 g/mol. The van der Waals surface area contributed by atoms with Crippen molar-refractivity contribution in [1.82, 2.24) is 10.2 Å². The molecule has 112 valence electrons. The molecule has 1 fully saturated rings. The molecule has 0 spiro atoms. The van der Waals surface area contributed by atoms with Crippen molar-refractivity contribution >= 4 is 16.5 Å². The van der Waals surface area contributed by atoms with Gasteiger partial charge in [0.1, 0.15) is 10.8 Å². The normalized spacial score (nSPS) is 19.5. The van der Waals surface area contributed by atoms with Crippen LogP contribution in [0.2, 0.25) is 0 Å². The number of rotatable bonds is 3. The fourth-order valence-electron chi connectivity index (χ4n) is 2.68. The predicted octanol–water partition coefficient (Wildman–Crippen LogP) is 3.89.